The molecule has 21 heavy (non-hydrogen) atoms. The molecule has 116 valence electrons. The van der Waals surface area contributed by atoms with Crippen molar-refractivity contribution in [1.29, 1.82) is 0 Å². The van der Waals surface area contributed by atoms with Gasteiger partial charge in [0.2, 0.25) is 0 Å². The Kier molecular flexibility index (Phi) is 7.90. The van der Waals surface area contributed by atoms with E-state index in [9.17, 15) is 4.79 Å². The van der Waals surface area contributed by atoms with Gasteiger partial charge in [-0.05, 0) is 51.2 Å². The van der Waals surface area contributed by atoms with E-state index in [0.717, 1.165) is 42.7 Å². The second kappa shape index (κ2) is 9.45. The Hall–Kier alpha value is -1.49. The fourth-order valence-corrected chi connectivity index (χ4v) is 2.39. The van der Waals surface area contributed by atoms with Crippen LogP contribution in [0.3, 0.4) is 0 Å². The van der Waals surface area contributed by atoms with E-state index in [1.807, 2.05) is 24.3 Å². The monoisotopic (exact) mass is 308 g/mol. The normalized spacial score (nSPS) is 20.1. The van der Waals surface area contributed by atoms with E-state index in [-0.39, 0.29) is 11.9 Å². The molecular formula is C16H24N2O2S. The summed E-state index contributed by atoms with van der Waals surface area (Å²) in [7, 11) is 1.44. The largest absolute Gasteiger partial charge is 0.469 e. The number of methoxy groups -OCH3 is 1. The Balaban J connectivity index is 0.000000235. The fourth-order valence-electron chi connectivity index (χ4n) is 2.24. The number of hydrogen-bond donors (Lipinski definition) is 2. The number of esters is 1. The first-order chi connectivity index (χ1) is 10.1. The highest BCUT2D eigenvalue weighted by atomic mass is 32.1. The molecule has 1 aromatic carbocycles. The van der Waals surface area contributed by atoms with Crippen LogP contribution >= 0.6 is 12.6 Å². The number of rotatable bonds is 1. The number of hydrogen-bond acceptors (Lipinski definition) is 5. The molecule has 1 aliphatic carbocycles. The number of carbonyl (C=O) groups is 1. The summed E-state index contributed by atoms with van der Waals surface area (Å²) in [5.41, 5.74) is 2.30. The molecule has 4 nitrogen and oxygen atoms in total. The number of aryl methyl sites for hydroxylation is 1. The van der Waals surface area contributed by atoms with Crippen LogP contribution in [0.25, 0.3) is 0 Å². The lowest BCUT2D eigenvalue weighted by Gasteiger charge is -2.09. The molecule has 2 rings (SSSR count). The Bertz CT molecular complexity index is 451. The molecule has 0 bridgehead atoms. The zero-order valence-electron chi connectivity index (χ0n) is 12.7. The molecule has 0 amide bonds. The van der Waals surface area contributed by atoms with Gasteiger partial charge in [-0.3, -0.25) is 4.79 Å². The van der Waals surface area contributed by atoms with Gasteiger partial charge in [0, 0.05) is 10.6 Å². The highest BCUT2D eigenvalue weighted by molar-refractivity contribution is 7.80. The lowest BCUT2D eigenvalue weighted by Crippen LogP contribution is -2.15. The molecular weight excluding hydrogens is 284 g/mol. The maximum Gasteiger partial charge on any atom is 0.308 e. The van der Waals surface area contributed by atoms with Crippen LogP contribution in [0.5, 0.6) is 0 Å². The highest BCUT2D eigenvalue weighted by Gasteiger charge is 2.22. The molecule has 1 aromatic rings. The molecule has 0 aliphatic heterocycles. The highest BCUT2D eigenvalue weighted by Crippen LogP contribution is 2.22. The molecule has 0 heterocycles. The van der Waals surface area contributed by atoms with Gasteiger partial charge < -0.3 is 10.6 Å². The molecule has 1 saturated carbocycles. The second-order valence-electron chi connectivity index (χ2n) is 5.18. The zero-order valence-corrected chi connectivity index (χ0v) is 13.6. The topological polar surface area (TPSA) is 64.7 Å². The van der Waals surface area contributed by atoms with E-state index in [2.05, 4.69) is 24.7 Å². The Morgan fingerprint density at radius 1 is 1.29 bits per heavy atom. The van der Waals surface area contributed by atoms with Crippen molar-refractivity contribution in [2.45, 2.75) is 43.9 Å². The van der Waals surface area contributed by atoms with Crippen molar-refractivity contribution in [2.75, 3.05) is 7.11 Å². The van der Waals surface area contributed by atoms with Gasteiger partial charge in [-0.25, -0.2) is 0 Å². The minimum atomic E-state index is -0.0988. The lowest BCUT2D eigenvalue weighted by molar-refractivity contribution is -0.145. The van der Waals surface area contributed by atoms with Gasteiger partial charge in [0.25, 0.3) is 0 Å². The Morgan fingerprint density at radius 3 is 2.48 bits per heavy atom. The average Bonchev–Trinajstić information content (AvgIpc) is 2.75. The lowest BCUT2D eigenvalue weighted by atomic mass is 10.0. The van der Waals surface area contributed by atoms with Crippen LogP contribution in [0.4, 0.5) is 0 Å². The molecule has 5 heteroatoms. The van der Waals surface area contributed by atoms with Crippen molar-refractivity contribution >= 4 is 24.3 Å². The van der Waals surface area contributed by atoms with Crippen molar-refractivity contribution in [3.8, 4) is 0 Å². The summed E-state index contributed by atoms with van der Waals surface area (Å²) in [5, 5.41) is 3.69. The minimum absolute atomic E-state index is 0.0456. The van der Waals surface area contributed by atoms with Gasteiger partial charge in [0.1, 0.15) is 0 Å². The molecule has 1 fully saturated rings. The van der Waals surface area contributed by atoms with E-state index in [4.69, 9.17) is 10.6 Å². The molecule has 0 radical (unpaired) electrons. The summed E-state index contributed by atoms with van der Waals surface area (Å²) < 4.78 is 4.70. The summed E-state index contributed by atoms with van der Waals surface area (Å²) in [6, 6.07) is 8.06. The van der Waals surface area contributed by atoms with Crippen LogP contribution in [0.1, 0.15) is 37.7 Å². The number of carbonyl (C=O) groups excluding carboxylic acids is 1. The van der Waals surface area contributed by atoms with Crippen molar-refractivity contribution in [3.05, 3.63) is 29.8 Å². The average molecular weight is 308 g/mol. The first-order valence-corrected chi connectivity index (χ1v) is 7.60. The number of benzene rings is 1. The predicted molar refractivity (Wildman–Crippen MR) is 88.6 cm³/mol. The summed E-state index contributed by atoms with van der Waals surface area (Å²) in [4.78, 5) is 12.2. The van der Waals surface area contributed by atoms with E-state index >= 15 is 0 Å². The quantitative estimate of drug-likeness (QED) is 0.275. The van der Waals surface area contributed by atoms with Gasteiger partial charge >= 0.3 is 5.97 Å². The van der Waals surface area contributed by atoms with Gasteiger partial charge in [-0.2, -0.15) is 5.10 Å². The Labute approximate surface area is 132 Å². The van der Waals surface area contributed by atoms with Crippen LogP contribution in [-0.2, 0) is 9.53 Å². The van der Waals surface area contributed by atoms with Crippen molar-refractivity contribution in [2.24, 2.45) is 16.9 Å². The molecule has 2 N–H and O–H groups in total. The number of hydrazone groups is 1. The molecule has 1 aliphatic rings. The summed E-state index contributed by atoms with van der Waals surface area (Å²) >= 11 is 4.13. The number of ether oxygens (including phenoxy) is 1. The SMILES string of the molecule is COC(=O)C1CCC/C(=N\N)CC1.Cc1ccc(S)cc1. The van der Waals surface area contributed by atoms with Crippen LogP contribution < -0.4 is 5.84 Å². The third-order valence-electron chi connectivity index (χ3n) is 3.55. The molecule has 1 unspecified atom stereocenters. The minimum Gasteiger partial charge on any atom is -0.469 e. The van der Waals surface area contributed by atoms with Gasteiger partial charge in [0.05, 0.1) is 13.0 Å². The molecule has 1 atom stereocenters. The second-order valence-corrected chi connectivity index (χ2v) is 5.70. The van der Waals surface area contributed by atoms with E-state index in [1.165, 1.54) is 12.7 Å². The molecule has 0 spiro atoms. The van der Waals surface area contributed by atoms with Crippen molar-refractivity contribution in [3.63, 3.8) is 0 Å². The zero-order chi connectivity index (χ0) is 15.7. The number of nitrogens with two attached hydrogens (primary N) is 1. The van der Waals surface area contributed by atoms with Crippen LogP contribution in [-0.4, -0.2) is 18.8 Å². The first-order valence-electron chi connectivity index (χ1n) is 7.16. The van der Waals surface area contributed by atoms with E-state index in [1.54, 1.807) is 0 Å². The van der Waals surface area contributed by atoms with E-state index < -0.39 is 0 Å². The fraction of sp³-hybridized carbons (Fsp3) is 0.500. The van der Waals surface area contributed by atoms with Crippen molar-refractivity contribution in [1.82, 2.24) is 0 Å². The molecule has 0 aromatic heterocycles. The standard InChI is InChI=1S/C9H16N2O2.C7H8S/c1-13-9(12)7-3-2-4-8(11-10)6-5-7;1-6-2-4-7(8)5-3-6/h7H,2-6,10H2,1H3;2-5,8H,1H3/b11-8+;. The smallest absolute Gasteiger partial charge is 0.308 e. The number of thiol groups is 1. The third kappa shape index (κ3) is 6.67. The maximum atomic E-state index is 11.2. The molecule has 0 saturated heterocycles. The summed E-state index contributed by atoms with van der Waals surface area (Å²) in [6.45, 7) is 2.06. The summed E-state index contributed by atoms with van der Waals surface area (Å²) in [6.07, 6.45) is 4.45. The van der Waals surface area contributed by atoms with Gasteiger partial charge in [0.15, 0.2) is 0 Å². The van der Waals surface area contributed by atoms with Crippen molar-refractivity contribution < 1.29 is 9.53 Å². The van der Waals surface area contributed by atoms with Gasteiger partial charge in [-0.15, -0.1) is 12.6 Å². The third-order valence-corrected chi connectivity index (χ3v) is 3.85. The van der Waals surface area contributed by atoms with Crippen LogP contribution in [0.15, 0.2) is 34.3 Å². The predicted octanol–water partition coefficient (Wildman–Crippen LogP) is 3.34. The van der Waals surface area contributed by atoms with Crippen LogP contribution in [0, 0.1) is 12.8 Å². The van der Waals surface area contributed by atoms with Crippen LogP contribution in [0.2, 0.25) is 0 Å². The van der Waals surface area contributed by atoms with Gasteiger partial charge in [-0.1, -0.05) is 17.7 Å². The summed E-state index contributed by atoms with van der Waals surface area (Å²) in [5.74, 6) is 5.15. The number of nitrogens with zero attached hydrogens (tertiary/aromatic N) is 1. The van der Waals surface area contributed by atoms with E-state index in [0.29, 0.717) is 0 Å². The first kappa shape index (κ1) is 17.6. The maximum absolute atomic E-state index is 11.2. The Morgan fingerprint density at radius 2 is 1.95 bits per heavy atom.